The second-order valence-corrected chi connectivity index (χ2v) is 9.18. The fourth-order valence-electron chi connectivity index (χ4n) is 2.73. The van der Waals surface area contributed by atoms with Gasteiger partial charge in [0.1, 0.15) is 11.9 Å². The van der Waals surface area contributed by atoms with E-state index >= 15 is 0 Å². The van der Waals surface area contributed by atoms with E-state index < -0.39 is 11.6 Å². The first-order valence-electron chi connectivity index (χ1n) is 9.61. The molecule has 0 bridgehead atoms. The van der Waals surface area contributed by atoms with Crippen LogP contribution in [0.3, 0.4) is 0 Å². The van der Waals surface area contributed by atoms with Gasteiger partial charge in [0.05, 0.1) is 5.75 Å². The Kier molecular flexibility index (Phi) is 7.85. The van der Waals surface area contributed by atoms with Crippen molar-refractivity contribution in [1.82, 2.24) is 10.2 Å². The van der Waals surface area contributed by atoms with E-state index in [1.165, 1.54) is 22.7 Å². The summed E-state index contributed by atoms with van der Waals surface area (Å²) in [6, 6.07) is 13.5. The van der Waals surface area contributed by atoms with Gasteiger partial charge in [-0.15, -0.1) is 11.8 Å². The molecule has 1 unspecified atom stereocenters. The lowest BCUT2D eigenvalue weighted by Gasteiger charge is -2.31. The first kappa shape index (κ1) is 22.9. The highest BCUT2D eigenvalue weighted by atomic mass is 32.2. The van der Waals surface area contributed by atoms with Crippen molar-refractivity contribution in [3.63, 3.8) is 0 Å². The SMILES string of the molecule is Cc1ccc(SCC(=O)N(Cc2ccccc2F)C(C)C(=O)NC(C)(C)C)cc1. The molecular formula is C23H29FN2O2S. The normalized spacial score (nSPS) is 12.3. The van der Waals surface area contributed by atoms with Gasteiger partial charge in [0, 0.05) is 22.5 Å². The molecule has 1 N–H and O–H groups in total. The summed E-state index contributed by atoms with van der Waals surface area (Å²) < 4.78 is 14.2. The number of carbonyl (C=O) groups excluding carboxylic acids is 2. The lowest BCUT2D eigenvalue weighted by molar-refractivity contribution is -0.139. The van der Waals surface area contributed by atoms with Crippen LogP contribution in [0.1, 0.15) is 38.8 Å². The third kappa shape index (κ3) is 7.20. The second kappa shape index (κ2) is 9.92. The average molecular weight is 417 g/mol. The molecular weight excluding hydrogens is 387 g/mol. The first-order valence-corrected chi connectivity index (χ1v) is 10.6. The lowest BCUT2D eigenvalue weighted by Crippen LogP contribution is -2.52. The zero-order valence-corrected chi connectivity index (χ0v) is 18.5. The molecule has 6 heteroatoms. The number of benzene rings is 2. The van der Waals surface area contributed by atoms with E-state index in [0.717, 1.165) is 10.5 Å². The van der Waals surface area contributed by atoms with Gasteiger partial charge in [-0.25, -0.2) is 4.39 Å². The Hall–Kier alpha value is -2.34. The van der Waals surface area contributed by atoms with Gasteiger partial charge >= 0.3 is 0 Å². The molecule has 0 fully saturated rings. The molecule has 1 atom stereocenters. The molecule has 0 aromatic heterocycles. The Morgan fingerprint density at radius 1 is 1.10 bits per heavy atom. The predicted molar refractivity (Wildman–Crippen MR) is 116 cm³/mol. The van der Waals surface area contributed by atoms with Crippen LogP contribution in [0.15, 0.2) is 53.4 Å². The minimum Gasteiger partial charge on any atom is -0.350 e. The molecule has 0 saturated carbocycles. The number of amides is 2. The highest BCUT2D eigenvalue weighted by molar-refractivity contribution is 8.00. The Balaban J connectivity index is 2.18. The summed E-state index contributed by atoms with van der Waals surface area (Å²) >= 11 is 1.41. The van der Waals surface area contributed by atoms with Crippen LogP contribution < -0.4 is 5.32 Å². The zero-order chi connectivity index (χ0) is 21.6. The number of nitrogens with one attached hydrogen (secondary N) is 1. The third-order valence-electron chi connectivity index (χ3n) is 4.35. The maximum absolute atomic E-state index is 14.2. The standard InChI is InChI=1S/C23H29FN2O2S/c1-16-10-12-19(13-11-16)29-15-21(27)26(14-18-8-6-7-9-20(18)24)17(2)22(28)25-23(3,4)5/h6-13,17H,14-15H2,1-5H3,(H,25,28). The summed E-state index contributed by atoms with van der Waals surface area (Å²) in [5.41, 5.74) is 1.11. The van der Waals surface area contributed by atoms with Crippen molar-refractivity contribution in [3.05, 3.63) is 65.5 Å². The van der Waals surface area contributed by atoms with E-state index in [9.17, 15) is 14.0 Å². The summed E-state index contributed by atoms with van der Waals surface area (Å²) in [7, 11) is 0. The number of aryl methyl sites for hydroxylation is 1. The monoisotopic (exact) mass is 416 g/mol. The molecule has 2 aromatic rings. The van der Waals surface area contributed by atoms with Crippen molar-refractivity contribution < 1.29 is 14.0 Å². The van der Waals surface area contributed by atoms with E-state index in [1.54, 1.807) is 25.1 Å². The third-order valence-corrected chi connectivity index (χ3v) is 5.34. The molecule has 4 nitrogen and oxygen atoms in total. The zero-order valence-electron chi connectivity index (χ0n) is 17.7. The van der Waals surface area contributed by atoms with Crippen LogP contribution in [0.5, 0.6) is 0 Å². The van der Waals surface area contributed by atoms with E-state index in [4.69, 9.17) is 0 Å². The number of halogens is 1. The summed E-state index contributed by atoms with van der Waals surface area (Å²) in [5, 5.41) is 2.90. The molecule has 0 saturated heterocycles. The van der Waals surface area contributed by atoms with Crippen molar-refractivity contribution in [2.75, 3.05) is 5.75 Å². The summed E-state index contributed by atoms with van der Waals surface area (Å²) in [6.07, 6.45) is 0. The smallest absolute Gasteiger partial charge is 0.242 e. The summed E-state index contributed by atoms with van der Waals surface area (Å²) in [5.74, 6) is -0.692. The number of thioether (sulfide) groups is 1. The first-order chi connectivity index (χ1) is 13.6. The van der Waals surface area contributed by atoms with Crippen molar-refractivity contribution in [1.29, 1.82) is 0 Å². The van der Waals surface area contributed by atoms with Gasteiger partial charge in [0.25, 0.3) is 0 Å². The maximum Gasteiger partial charge on any atom is 0.242 e. The Bertz CT molecular complexity index is 847. The fraction of sp³-hybridized carbons (Fsp3) is 0.391. The van der Waals surface area contributed by atoms with Crippen LogP contribution >= 0.6 is 11.8 Å². The molecule has 2 rings (SSSR count). The molecule has 2 amide bonds. The quantitative estimate of drug-likeness (QED) is 0.673. The predicted octanol–water partition coefficient (Wildman–Crippen LogP) is 4.56. The van der Waals surface area contributed by atoms with Crippen LogP contribution in [0, 0.1) is 12.7 Å². The molecule has 0 spiro atoms. The van der Waals surface area contributed by atoms with Crippen molar-refractivity contribution in [2.24, 2.45) is 0 Å². The van der Waals surface area contributed by atoms with E-state index in [0.29, 0.717) is 5.56 Å². The van der Waals surface area contributed by atoms with Crippen molar-refractivity contribution in [3.8, 4) is 0 Å². The average Bonchev–Trinajstić information content (AvgIpc) is 2.65. The second-order valence-electron chi connectivity index (χ2n) is 8.13. The lowest BCUT2D eigenvalue weighted by atomic mass is 10.1. The van der Waals surface area contributed by atoms with Crippen LogP contribution in [0.2, 0.25) is 0 Å². The maximum atomic E-state index is 14.2. The van der Waals surface area contributed by atoms with Crippen LogP contribution in [-0.2, 0) is 16.1 Å². The fourth-order valence-corrected chi connectivity index (χ4v) is 3.51. The number of rotatable bonds is 7. The minimum atomic E-state index is -0.722. The largest absolute Gasteiger partial charge is 0.350 e. The van der Waals surface area contributed by atoms with Crippen molar-refractivity contribution >= 4 is 23.6 Å². The van der Waals surface area contributed by atoms with Gasteiger partial charge in [-0.1, -0.05) is 35.9 Å². The topological polar surface area (TPSA) is 49.4 Å². The van der Waals surface area contributed by atoms with Gasteiger partial charge in [-0.05, 0) is 52.8 Å². The number of hydrogen-bond donors (Lipinski definition) is 1. The Labute approximate surface area is 176 Å². The van der Waals surface area contributed by atoms with Crippen LogP contribution in [0.25, 0.3) is 0 Å². The highest BCUT2D eigenvalue weighted by Crippen LogP contribution is 2.21. The van der Waals surface area contributed by atoms with Gasteiger partial charge in [0.2, 0.25) is 11.8 Å². The molecule has 2 aromatic carbocycles. The van der Waals surface area contributed by atoms with E-state index in [-0.39, 0.29) is 29.9 Å². The highest BCUT2D eigenvalue weighted by Gasteiger charge is 2.28. The Morgan fingerprint density at radius 2 is 1.72 bits per heavy atom. The van der Waals surface area contributed by atoms with Crippen LogP contribution in [-0.4, -0.2) is 34.0 Å². The van der Waals surface area contributed by atoms with E-state index in [1.807, 2.05) is 52.0 Å². The molecule has 0 aliphatic carbocycles. The molecule has 0 aliphatic rings. The number of hydrogen-bond acceptors (Lipinski definition) is 3. The van der Waals surface area contributed by atoms with E-state index in [2.05, 4.69) is 5.32 Å². The van der Waals surface area contributed by atoms with Crippen LogP contribution in [0.4, 0.5) is 4.39 Å². The Morgan fingerprint density at radius 3 is 2.31 bits per heavy atom. The molecule has 156 valence electrons. The number of nitrogens with zero attached hydrogens (tertiary/aromatic N) is 1. The summed E-state index contributed by atoms with van der Waals surface area (Å²) in [6.45, 7) is 9.37. The molecule has 0 radical (unpaired) electrons. The molecule has 0 heterocycles. The minimum absolute atomic E-state index is 0.0404. The summed E-state index contributed by atoms with van der Waals surface area (Å²) in [4.78, 5) is 28.1. The van der Waals surface area contributed by atoms with Gasteiger partial charge in [-0.2, -0.15) is 0 Å². The van der Waals surface area contributed by atoms with Gasteiger partial charge in [-0.3, -0.25) is 9.59 Å². The number of carbonyl (C=O) groups is 2. The molecule has 29 heavy (non-hydrogen) atoms. The molecule has 0 aliphatic heterocycles. The van der Waals surface area contributed by atoms with Crippen molar-refractivity contribution in [2.45, 2.75) is 57.6 Å². The van der Waals surface area contributed by atoms with Gasteiger partial charge in [0.15, 0.2) is 0 Å². The van der Waals surface area contributed by atoms with Gasteiger partial charge < -0.3 is 10.2 Å².